The van der Waals surface area contributed by atoms with Crippen molar-refractivity contribution in [2.45, 2.75) is 25.7 Å². The molecule has 0 spiro atoms. The topological polar surface area (TPSA) is 49.3 Å². The quantitative estimate of drug-likeness (QED) is 0.778. The zero-order valence-electron chi connectivity index (χ0n) is 10.8. The second kappa shape index (κ2) is 6.01. The number of rotatable bonds is 7. The summed E-state index contributed by atoms with van der Waals surface area (Å²) < 4.78 is 0. The number of nitrogens with one attached hydrogen (secondary N) is 1. The van der Waals surface area contributed by atoms with Crippen molar-refractivity contribution in [2.24, 2.45) is 11.8 Å². The highest BCUT2D eigenvalue weighted by Gasteiger charge is 2.28. The molecule has 0 aromatic heterocycles. The second-order valence-corrected chi connectivity index (χ2v) is 5.27. The minimum absolute atomic E-state index is 0.447. The minimum Gasteiger partial charge on any atom is -0.481 e. The lowest BCUT2D eigenvalue weighted by molar-refractivity contribution is -0.138. The smallest absolute Gasteiger partial charge is 0.312 e. The lowest BCUT2D eigenvalue weighted by Crippen LogP contribution is -2.30. The van der Waals surface area contributed by atoms with Gasteiger partial charge in [-0.15, -0.1) is 0 Å². The monoisotopic (exact) mass is 247 g/mol. The number of carbonyl (C=O) groups is 1. The predicted octanol–water partition coefficient (Wildman–Crippen LogP) is 2.49. The summed E-state index contributed by atoms with van der Waals surface area (Å²) in [7, 11) is 0. The summed E-state index contributed by atoms with van der Waals surface area (Å²) in [4.78, 5) is 11.3. The summed E-state index contributed by atoms with van der Waals surface area (Å²) in [5, 5.41) is 12.6. The number of aliphatic carboxylic acids is 1. The molecule has 3 heteroatoms. The molecule has 18 heavy (non-hydrogen) atoms. The molecule has 1 aromatic rings. The first kappa shape index (κ1) is 13.1. The van der Waals surface area contributed by atoms with Crippen molar-refractivity contribution in [2.75, 3.05) is 13.1 Å². The molecule has 1 aliphatic carbocycles. The van der Waals surface area contributed by atoms with Crippen LogP contribution < -0.4 is 5.32 Å². The summed E-state index contributed by atoms with van der Waals surface area (Å²) in [5.74, 6) is 0.318. The summed E-state index contributed by atoms with van der Waals surface area (Å²) in [6.07, 6.45) is 2.67. The maximum absolute atomic E-state index is 11.3. The van der Waals surface area contributed by atoms with Gasteiger partial charge in [-0.25, -0.2) is 0 Å². The molecule has 2 N–H and O–H groups in total. The number of carboxylic acids is 1. The van der Waals surface area contributed by atoms with Crippen molar-refractivity contribution in [3.63, 3.8) is 0 Å². The molecule has 2 unspecified atom stereocenters. The van der Waals surface area contributed by atoms with E-state index >= 15 is 0 Å². The first-order chi connectivity index (χ1) is 8.68. The number of hydrogen-bond donors (Lipinski definition) is 2. The highest BCUT2D eigenvalue weighted by atomic mass is 16.4. The Morgan fingerprint density at radius 3 is 2.56 bits per heavy atom. The molecule has 0 saturated heterocycles. The molecule has 0 heterocycles. The molecule has 0 radical (unpaired) electrons. The van der Waals surface area contributed by atoms with Crippen LogP contribution in [-0.2, 0) is 4.79 Å². The largest absolute Gasteiger partial charge is 0.481 e. The van der Waals surface area contributed by atoms with Crippen LogP contribution in [0.25, 0.3) is 0 Å². The van der Waals surface area contributed by atoms with Crippen LogP contribution in [0.15, 0.2) is 30.3 Å². The second-order valence-electron chi connectivity index (χ2n) is 5.27. The van der Waals surface area contributed by atoms with E-state index in [-0.39, 0.29) is 0 Å². The Morgan fingerprint density at radius 2 is 2.00 bits per heavy atom. The third-order valence-corrected chi connectivity index (χ3v) is 3.74. The fourth-order valence-electron chi connectivity index (χ4n) is 2.32. The first-order valence-corrected chi connectivity index (χ1v) is 6.67. The molecule has 1 fully saturated rings. The van der Waals surface area contributed by atoms with Crippen LogP contribution >= 0.6 is 0 Å². The van der Waals surface area contributed by atoms with Gasteiger partial charge in [0.25, 0.3) is 0 Å². The van der Waals surface area contributed by atoms with E-state index in [1.165, 1.54) is 12.8 Å². The number of benzene rings is 1. The molecule has 2 rings (SSSR count). The standard InChI is InChI=1S/C15H21NO2/c1-11(12-7-8-12)9-16-10-14(15(17)18)13-5-3-2-4-6-13/h2-6,11-12,14,16H,7-10H2,1H3,(H,17,18). The van der Waals surface area contributed by atoms with Crippen molar-refractivity contribution < 1.29 is 9.90 Å². The van der Waals surface area contributed by atoms with Gasteiger partial charge in [-0.1, -0.05) is 37.3 Å². The Balaban J connectivity index is 1.85. The molecule has 0 amide bonds. The van der Waals surface area contributed by atoms with Crippen LogP contribution in [0.5, 0.6) is 0 Å². The van der Waals surface area contributed by atoms with E-state index < -0.39 is 11.9 Å². The van der Waals surface area contributed by atoms with Gasteiger partial charge in [-0.2, -0.15) is 0 Å². The Kier molecular flexibility index (Phi) is 4.37. The van der Waals surface area contributed by atoms with Crippen molar-refractivity contribution in [3.8, 4) is 0 Å². The average Bonchev–Trinajstić information content (AvgIpc) is 3.19. The first-order valence-electron chi connectivity index (χ1n) is 6.67. The molecule has 0 bridgehead atoms. The van der Waals surface area contributed by atoms with E-state index in [4.69, 9.17) is 0 Å². The zero-order valence-corrected chi connectivity index (χ0v) is 10.8. The highest BCUT2D eigenvalue weighted by Crippen LogP contribution is 2.36. The van der Waals surface area contributed by atoms with Crippen molar-refractivity contribution in [3.05, 3.63) is 35.9 Å². The molecule has 98 valence electrons. The third kappa shape index (κ3) is 3.57. The third-order valence-electron chi connectivity index (χ3n) is 3.74. The van der Waals surface area contributed by atoms with Crippen LogP contribution in [0.1, 0.15) is 31.2 Å². The Hall–Kier alpha value is -1.35. The molecule has 1 saturated carbocycles. The van der Waals surface area contributed by atoms with Crippen LogP contribution in [0.2, 0.25) is 0 Å². The van der Waals surface area contributed by atoms with Crippen LogP contribution in [0.3, 0.4) is 0 Å². The number of hydrogen-bond acceptors (Lipinski definition) is 2. The number of carboxylic acid groups (broad SMARTS) is 1. The van der Waals surface area contributed by atoms with Crippen molar-refractivity contribution in [1.82, 2.24) is 5.32 Å². The fraction of sp³-hybridized carbons (Fsp3) is 0.533. The van der Waals surface area contributed by atoms with E-state index in [1.807, 2.05) is 30.3 Å². The van der Waals surface area contributed by atoms with Gasteiger partial charge in [-0.05, 0) is 36.8 Å². The van der Waals surface area contributed by atoms with E-state index in [0.717, 1.165) is 18.0 Å². The molecule has 1 aromatic carbocycles. The molecule has 3 nitrogen and oxygen atoms in total. The Bertz CT molecular complexity index is 387. The molecule has 1 aliphatic rings. The van der Waals surface area contributed by atoms with E-state index in [0.29, 0.717) is 12.5 Å². The van der Waals surface area contributed by atoms with Gasteiger partial charge in [0, 0.05) is 6.54 Å². The Labute approximate surface area is 108 Å². The highest BCUT2D eigenvalue weighted by molar-refractivity contribution is 5.76. The summed E-state index contributed by atoms with van der Waals surface area (Å²) in [5.41, 5.74) is 0.872. The summed E-state index contributed by atoms with van der Waals surface area (Å²) >= 11 is 0. The van der Waals surface area contributed by atoms with Crippen LogP contribution in [0.4, 0.5) is 0 Å². The predicted molar refractivity (Wildman–Crippen MR) is 71.6 cm³/mol. The van der Waals surface area contributed by atoms with E-state index in [2.05, 4.69) is 12.2 Å². The fourth-order valence-corrected chi connectivity index (χ4v) is 2.32. The SMILES string of the molecule is CC(CNCC(C(=O)O)c1ccccc1)C1CC1. The van der Waals surface area contributed by atoms with Crippen molar-refractivity contribution >= 4 is 5.97 Å². The molecule has 0 aliphatic heterocycles. The van der Waals surface area contributed by atoms with Crippen LogP contribution in [0, 0.1) is 11.8 Å². The summed E-state index contributed by atoms with van der Waals surface area (Å²) in [6.45, 7) is 3.67. The maximum Gasteiger partial charge on any atom is 0.312 e. The van der Waals surface area contributed by atoms with Gasteiger partial charge < -0.3 is 10.4 Å². The van der Waals surface area contributed by atoms with Gasteiger partial charge in [0.15, 0.2) is 0 Å². The minimum atomic E-state index is -0.757. The van der Waals surface area contributed by atoms with E-state index in [1.54, 1.807) is 0 Å². The van der Waals surface area contributed by atoms with Gasteiger partial charge in [0.1, 0.15) is 0 Å². The van der Waals surface area contributed by atoms with E-state index in [9.17, 15) is 9.90 Å². The van der Waals surface area contributed by atoms with Gasteiger partial charge in [0.05, 0.1) is 5.92 Å². The Morgan fingerprint density at radius 1 is 1.33 bits per heavy atom. The van der Waals surface area contributed by atoms with Crippen molar-refractivity contribution in [1.29, 1.82) is 0 Å². The van der Waals surface area contributed by atoms with Gasteiger partial charge in [0.2, 0.25) is 0 Å². The average molecular weight is 247 g/mol. The lowest BCUT2D eigenvalue weighted by atomic mass is 9.99. The van der Waals surface area contributed by atoms with Gasteiger partial charge in [-0.3, -0.25) is 4.79 Å². The zero-order chi connectivity index (χ0) is 13.0. The molecule has 2 atom stereocenters. The normalized spacial score (nSPS) is 18.3. The maximum atomic E-state index is 11.3. The van der Waals surface area contributed by atoms with Gasteiger partial charge >= 0.3 is 5.97 Å². The van der Waals surface area contributed by atoms with Crippen LogP contribution in [-0.4, -0.2) is 24.2 Å². The molecular formula is C15H21NO2. The summed E-state index contributed by atoms with van der Waals surface area (Å²) in [6, 6.07) is 9.44. The molecular weight excluding hydrogens is 226 g/mol. The lowest BCUT2D eigenvalue weighted by Gasteiger charge is -2.16.